The zero-order valence-corrected chi connectivity index (χ0v) is 14.1. The second kappa shape index (κ2) is 7.11. The van der Waals surface area contributed by atoms with Gasteiger partial charge in [-0.15, -0.1) is 11.3 Å². The summed E-state index contributed by atoms with van der Waals surface area (Å²) in [7, 11) is 0. The van der Waals surface area contributed by atoms with Crippen LogP contribution in [0.3, 0.4) is 0 Å². The first-order chi connectivity index (χ1) is 10.7. The van der Waals surface area contributed by atoms with E-state index < -0.39 is 0 Å². The second-order valence-electron chi connectivity index (χ2n) is 6.43. The molecule has 1 aromatic heterocycles. The maximum absolute atomic E-state index is 12.4. The van der Waals surface area contributed by atoms with Crippen molar-refractivity contribution in [1.29, 1.82) is 0 Å². The molecule has 4 nitrogen and oxygen atoms in total. The average molecular weight is 323 g/mol. The molecule has 0 aliphatic carbocycles. The number of hydrogen-bond donors (Lipinski definition) is 0. The Bertz CT molecular complexity index is 480. The zero-order valence-electron chi connectivity index (χ0n) is 13.3. The Morgan fingerprint density at radius 3 is 3.00 bits per heavy atom. The topological polar surface area (TPSA) is 38.8 Å². The number of likely N-dealkylation sites (tertiary alicyclic amines) is 1. The Hall–Kier alpha value is -0.910. The van der Waals surface area contributed by atoms with Crippen molar-refractivity contribution in [3.8, 4) is 0 Å². The van der Waals surface area contributed by atoms with Crippen LogP contribution in [0.4, 0.5) is 0 Å². The second-order valence-corrected chi connectivity index (χ2v) is 7.47. The molecule has 2 fully saturated rings. The third-order valence-electron chi connectivity index (χ3n) is 4.88. The summed E-state index contributed by atoms with van der Waals surface area (Å²) in [4.78, 5) is 15.5. The van der Waals surface area contributed by atoms with Crippen LogP contribution in [0, 0.1) is 5.41 Å². The lowest BCUT2D eigenvalue weighted by molar-refractivity contribution is -0.132. The van der Waals surface area contributed by atoms with E-state index in [9.17, 15) is 4.79 Å². The van der Waals surface area contributed by atoms with Gasteiger partial charge in [-0.25, -0.2) is 0 Å². The third kappa shape index (κ3) is 3.70. The minimum Gasteiger partial charge on any atom is -0.379 e. The predicted octanol–water partition coefficient (Wildman–Crippen LogP) is 2.72. The van der Waals surface area contributed by atoms with Crippen LogP contribution >= 0.6 is 11.3 Å². The predicted molar refractivity (Wildman–Crippen MR) is 87.1 cm³/mol. The van der Waals surface area contributed by atoms with E-state index in [-0.39, 0.29) is 17.4 Å². The maximum atomic E-state index is 12.4. The van der Waals surface area contributed by atoms with Gasteiger partial charge in [0, 0.05) is 24.6 Å². The Kier molecular flexibility index (Phi) is 5.16. The van der Waals surface area contributed by atoms with Crippen LogP contribution in [-0.2, 0) is 20.7 Å². The fourth-order valence-electron chi connectivity index (χ4n) is 3.50. The smallest absolute Gasteiger partial charge is 0.227 e. The highest BCUT2D eigenvalue weighted by Crippen LogP contribution is 2.42. The van der Waals surface area contributed by atoms with Crippen LogP contribution in [-0.4, -0.2) is 49.8 Å². The number of hydrogen-bond acceptors (Lipinski definition) is 4. The number of carbonyl (C=O) groups excluding carboxylic acids is 1. The van der Waals surface area contributed by atoms with Gasteiger partial charge in [-0.05, 0) is 43.0 Å². The molecule has 1 spiro atoms. The lowest BCUT2D eigenvalue weighted by Crippen LogP contribution is -2.44. The Morgan fingerprint density at radius 1 is 1.50 bits per heavy atom. The minimum atomic E-state index is 0.244. The summed E-state index contributed by atoms with van der Waals surface area (Å²) < 4.78 is 11.4. The molecule has 2 aliphatic rings. The van der Waals surface area contributed by atoms with Crippen LogP contribution in [0.25, 0.3) is 0 Å². The van der Waals surface area contributed by atoms with E-state index in [4.69, 9.17) is 9.47 Å². The number of carbonyl (C=O) groups is 1. The van der Waals surface area contributed by atoms with Crippen LogP contribution in [0.15, 0.2) is 17.5 Å². The average Bonchev–Trinajstić information content (AvgIpc) is 3.16. The first kappa shape index (κ1) is 16.0. The van der Waals surface area contributed by atoms with Gasteiger partial charge >= 0.3 is 0 Å². The number of ether oxygens (including phenoxy) is 2. The first-order valence-electron chi connectivity index (χ1n) is 8.20. The molecule has 0 saturated carbocycles. The summed E-state index contributed by atoms with van der Waals surface area (Å²) in [5, 5.41) is 2.03. The molecule has 3 heterocycles. The monoisotopic (exact) mass is 323 g/mol. The molecule has 1 atom stereocenters. The Labute approximate surface area is 136 Å². The van der Waals surface area contributed by atoms with E-state index >= 15 is 0 Å². The van der Waals surface area contributed by atoms with Crippen molar-refractivity contribution in [3.63, 3.8) is 0 Å². The van der Waals surface area contributed by atoms with Gasteiger partial charge < -0.3 is 14.4 Å². The molecule has 22 heavy (non-hydrogen) atoms. The summed E-state index contributed by atoms with van der Waals surface area (Å²) in [5.41, 5.74) is 0.279. The molecular formula is C17H25NO3S. The lowest BCUT2D eigenvalue weighted by Gasteiger charge is -2.38. The Morgan fingerprint density at radius 2 is 2.32 bits per heavy atom. The van der Waals surface area contributed by atoms with Gasteiger partial charge in [0.15, 0.2) is 0 Å². The quantitative estimate of drug-likeness (QED) is 0.836. The molecule has 0 bridgehead atoms. The number of nitrogens with zero attached hydrogens (tertiary/aromatic N) is 1. The normalized spacial score (nSPS) is 24.0. The summed E-state index contributed by atoms with van der Waals surface area (Å²) in [6, 6.07) is 4.05. The Balaban J connectivity index is 1.47. The summed E-state index contributed by atoms with van der Waals surface area (Å²) in [6.07, 6.45) is 4.00. The summed E-state index contributed by atoms with van der Waals surface area (Å²) in [6.45, 7) is 6.04. The van der Waals surface area contributed by atoms with Crippen molar-refractivity contribution in [2.75, 3.05) is 32.9 Å². The molecule has 0 N–H and O–H groups in total. The van der Waals surface area contributed by atoms with Crippen LogP contribution < -0.4 is 0 Å². The molecule has 1 aromatic rings. The summed E-state index contributed by atoms with van der Waals surface area (Å²) in [5.74, 6) is 0.266. The number of piperidine rings is 1. The number of amides is 1. The molecule has 2 aliphatic heterocycles. The van der Waals surface area contributed by atoms with E-state index in [0.29, 0.717) is 13.0 Å². The van der Waals surface area contributed by atoms with E-state index in [1.54, 1.807) is 11.3 Å². The van der Waals surface area contributed by atoms with E-state index in [1.165, 1.54) is 0 Å². The maximum Gasteiger partial charge on any atom is 0.227 e. The van der Waals surface area contributed by atoms with Crippen molar-refractivity contribution < 1.29 is 14.3 Å². The van der Waals surface area contributed by atoms with Crippen molar-refractivity contribution >= 4 is 17.2 Å². The van der Waals surface area contributed by atoms with Gasteiger partial charge in [0.2, 0.25) is 5.91 Å². The largest absolute Gasteiger partial charge is 0.379 e. The molecule has 122 valence electrons. The summed E-state index contributed by atoms with van der Waals surface area (Å²) >= 11 is 1.66. The molecule has 1 unspecified atom stereocenters. The third-order valence-corrected chi connectivity index (χ3v) is 5.75. The fourth-order valence-corrected chi connectivity index (χ4v) is 4.20. The van der Waals surface area contributed by atoms with Crippen LogP contribution in [0.2, 0.25) is 0 Å². The molecule has 0 aromatic carbocycles. The highest BCUT2D eigenvalue weighted by molar-refractivity contribution is 7.10. The fraction of sp³-hybridized carbons (Fsp3) is 0.706. The van der Waals surface area contributed by atoms with Crippen molar-refractivity contribution in [3.05, 3.63) is 22.4 Å². The lowest BCUT2D eigenvalue weighted by atomic mass is 9.76. The highest BCUT2D eigenvalue weighted by Gasteiger charge is 2.42. The molecular weight excluding hydrogens is 298 g/mol. The standard InChI is InChI=1S/C17H25NO3S/c1-2-20-12-14-11-17(13-21-14)5-7-18(8-6-17)16(19)10-15-4-3-9-22-15/h3-4,9,14H,2,5-8,10-13H2,1H3. The molecule has 3 rings (SSSR count). The van der Waals surface area contributed by atoms with Gasteiger partial charge in [0.1, 0.15) is 0 Å². The van der Waals surface area contributed by atoms with E-state index in [1.807, 2.05) is 29.3 Å². The van der Waals surface area contributed by atoms with Gasteiger partial charge in [-0.3, -0.25) is 4.79 Å². The molecule has 0 radical (unpaired) electrons. The van der Waals surface area contributed by atoms with E-state index in [2.05, 4.69) is 0 Å². The minimum absolute atomic E-state index is 0.244. The molecule has 5 heteroatoms. The van der Waals surface area contributed by atoms with Crippen LogP contribution in [0.5, 0.6) is 0 Å². The highest BCUT2D eigenvalue weighted by atomic mass is 32.1. The van der Waals surface area contributed by atoms with Gasteiger partial charge in [0.25, 0.3) is 0 Å². The SMILES string of the molecule is CCOCC1CC2(CCN(C(=O)Cc3cccs3)CC2)CO1. The molecule has 1 amide bonds. The van der Waals surface area contributed by atoms with Gasteiger partial charge in [0.05, 0.1) is 25.7 Å². The van der Waals surface area contributed by atoms with Gasteiger partial charge in [-0.2, -0.15) is 0 Å². The van der Waals surface area contributed by atoms with E-state index in [0.717, 1.165) is 50.4 Å². The molecule has 2 saturated heterocycles. The van der Waals surface area contributed by atoms with Gasteiger partial charge in [-0.1, -0.05) is 6.07 Å². The first-order valence-corrected chi connectivity index (χ1v) is 9.08. The van der Waals surface area contributed by atoms with Crippen molar-refractivity contribution in [2.24, 2.45) is 5.41 Å². The van der Waals surface area contributed by atoms with Crippen molar-refractivity contribution in [1.82, 2.24) is 4.90 Å². The zero-order chi connectivity index (χ0) is 15.4. The number of rotatable bonds is 5. The number of thiophene rings is 1. The van der Waals surface area contributed by atoms with Crippen molar-refractivity contribution in [2.45, 2.75) is 38.7 Å². The van der Waals surface area contributed by atoms with Crippen LogP contribution in [0.1, 0.15) is 31.1 Å².